The Kier molecular flexibility index (Phi) is 9.20. The van der Waals surface area contributed by atoms with Crippen LogP contribution in [0.1, 0.15) is 38.8 Å². The van der Waals surface area contributed by atoms with Crippen LogP contribution in [0.3, 0.4) is 0 Å². The number of methoxy groups -OCH3 is 1. The number of hydrogen-bond donors (Lipinski definition) is 2. The van der Waals surface area contributed by atoms with E-state index in [-0.39, 0.29) is 30.4 Å². The van der Waals surface area contributed by atoms with E-state index in [4.69, 9.17) is 21.1 Å². The highest BCUT2D eigenvalue weighted by Crippen LogP contribution is 2.28. The van der Waals surface area contributed by atoms with Gasteiger partial charge < -0.3 is 29.9 Å². The molecule has 1 saturated heterocycles. The number of halogens is 1. The van der Waals surface area contributed by atoms with Gasteiger partial charge in [0.15, 0.2) is 0 Å². The molecule has 2 atom stereocenters. The molecular weight excluding hydrogens is 498 g/mol. The zero-order valence-electron chi connectivity index (χ0n) is 21.8. The van der Waals surface area contributed by atoms with Crippen LogP contribution in [0.5, 0.6) is 5.75 Å². The number of ether oxygens (including phenoxy) is 2. The summed E-state index contributed by atoms with van der Waals surface area (Å²) in [4.78, 5) is 45.6. The van der Waals surface area contributed by atoms with E-state index in [9.17, 15) is 14.4 Å². The summed E-state index contributed by atoms with van der Waals surface area (Å²) in [6.45, 7) is 5.94. The van der Waals surface area contributed by atoms with Crippen molar-refractivity contribution in [3.63, 3.8) is 0 Å². The van der Waals surface area contributed by atoms with Crippen LogP contribution in [0.4, 0.5) is 15.3 Å². The number of benzene rings is 1. The van der Waals surface area contributed by atoms with Gasteiger partial charge in [-0.05, 0) is 63.6 Å². The van der Waals surface area contributed by atoms with Crippen molar-refractivity contribution in [1.29, 1.82) is 0 Å². The molecule has 3 rings (SSSR count). The Labute approximate surface area is 222 Å². The second-order valence-corrected chi connectivity index (χ2v) is 10.3. The van der Waals surface area contributed by atoms with E-state index in [1.54, 1.807) is 69.3 Å². The number of likely N-dealkylation sites (N-methyl/N-ethyl adjacent to an activating group) is 1. The Morgan fingerprint density at radius 1 is 1.16 bits per heavy atom. The maximum Gasteiger partial charge on any atom is 0.410 e. The number of carbonyl (C=O) groups excluding carboxylic acids is 3. The first kappa shape index (κ1) is 28.0. The molecule has 1 fully saturated rings. The highest BCUT2D eigenvalue weighted by atomic mass is 35.5. The zero-order valence-corrected chi connectivity index (χ0v) is 22.5. The lowest BCUT2D eigenvalue weighted by Gasteiger charge is -2.39. The molecule has 1 aromatic carbocycles. The molecule has 1 aliphatic rings. The fourth-order valence-corrected chi connectivity index (χ4v) is 4.08. The van der Waals surface area contributed by atoms with Crippen molar-refractivity contribution < 1.29 is 23.9 Å². The molecule has 0 aliphatic carbocycles. The third kappa shape index (κ3) is 8.24. The quantitative estimate of drug-likeness (QED) is 0.580. The number of rotatable bonds is 6. The van der Waals surface area contributed by atoms with Gasteiger partial charge in [-0.3, -0.25) is 9.78 Å². The molecule has 10 nitrogen and oxygen atoms in total. The van der Waals surface area contributed by atoms with Crippen LogP contribution in [0.25, 0.3) is 0 Å². The van der Waals surface area contributed by atoms with Crippen molar-refractivity contribution in [2.75, 3.05) is 39.1 Å². The smallest absolute Gasteiger partial charge is 0.410 e. The second kappa shape index (κ2) is 12.1. The minimum absolute atomic E-state index is 0.118. The summed E-state index contributed by atoms with van der Waals surface area (Å²) < 4.78 is 10.6. The average molecular weight is 532 g/mol. The molecule has 2 aromatic rings. The van der Waals surface area contributed by atoms with Gasteiger partial charge in [0, 0.05) is 48.5 Å². The van der Waals surface area contributed by atoms with E-state index < -0.39 is 11.7 Å². The molecule has 200 valence electrons. The molecule has 37 heavy (non-hydrogen) atoms. The van der Waals surface area contributed by atoms with Crippen molar-refractivity contribution in [2.45, 2.75) is 44.8 Å². The van der Waals surface area contributed by atoms with Gasteiger partial charge in [0.05, 0.1) is 13.3 Å². The molecule has 0 radical (unpaired) electrons. The van der Waals surface area contributed by atoms with Crippen molar-refractivity contribution in [3.8, 4) is 5.75 Å². The number of urea groups is 1. The standard InChI is InChI=1S/C26H34ClN5O5/c1-26(2,3)37-25(35)31(4)16-23(33)32-13-12-22(20(15-32)21-11-10-19(36-5)14-28-21)30-24(34)29-18-8-6-17(27)7-9-18/h6-11,14,20,22H,12-13,15-16H2,1-5H3,(H2,29,30,34)/t20-,22+/m0/s1. The maximum absolute atomic E-state index is 13.1. The maximum atomic E-state index is 13.1. The van der Waals surface area contributed by atoms with Gasteiger partial charge >= 0.3 is 12.1 Å². The number of anilines is 1. The molecule has 0 spiro atoms. The summed E-state index contributed by atoms with van der Waals surface area (Å²) in [6, 6.07) is 9.80. The topological polar surface area (TPSA) is 113 Å². The Morgan fingerprint density at radius 2 is 1.86 bits per heavy atom. The van der Waals surface area contributed by atoms with E-state index >= 15 is 0 Å². The fraction of sp³-hybridized carbons (Fsp3) is 0.462. The van der Waals surface area contributed by atoms with Crippen molar-refractivity contribution in [3.05, 3.63) is 53.3 Å². The molecule has 1 aromatic heterocycles. The third-order valence-electron chi connectivity index (χ3n) is 5.84. The van der Waals surface area contributed by atoms with Gasteiger partial charge in [0.25, 0.3) is 0 Å². The average Bonchev–Trinajstić information content (AvgIpc) is 2.84. The zero-order chi connectivity index (χ0) is 27.2. The molecular formula is C26H34ClN5O5. The largest absolute Gasteiger partial charge is 0.495 e. The molecule has 0 unspecified atom stereocenters. The molecule has 11 heteroatoms. The van der Waals surface area contributed by atoms with E-state index in [0.29, 0.717) is 36.0 Å². The number of carbonyl (C=O) groups is 3. The van der Waals surface area contributed by atoms with E-state index in [2.05, 4.69) is 15.6 Å². The number of hydrogen-bond acceptors (Lipinski definition) is 6. The van der Waals surface area contributed by atoms with Crippen LogP contribution in [0.15, 0.2) is 42.6 Å². The number of nitrogens with zero attached hydrogens (tertiary/aromatic N) is 3. The van der Waals surface area contributed by atoms with Crippen LogP contribution in [-0.4, -0.2) is 78.2 Å². The first-order chi connectivity index (χ1) is 17.4. The van der Waals surface area contributed by atoms with Crippen LogP contribution in [-0.2, 0) is 9.53 Å². The first-order valence-corrected chi connectivity index (χ1v) is 12.4. The Hall–Kier alpha value is -3.53. The second-order valence-electron chi connectivity index (χ2n) is 9.91. The van der Waals surface area contributed by atoms with Gasteiger partial charge in [-0.15, -0.1) is 0 Å². The normalized spacial score (nSPS) is 17.5. The van der Waals surface area contributed by atoms with Gasteiger partial charge in [-0.25, -0.2) is 9.59 Å². The van der Waals surface area contributed by atoms with E-state index in [1.807, 2.05) is 6.07 Å². The SMILES string of the molecule is COc1ccc([C@@H]2CN(C(=O)CN(C)C(=O)OC(C)(C)C)CC[C@H]2NC(=O)Nc2ccc(Cl)cc2)nc1. The van der Waals surface area contributed by atoms with Gasteiger partial charge in [0.2, 0.25) is 5.91 Å². The van der Waals surface area contributed by atoms with Crippen LogP contribution in [0, 0.1) is 0 Å². The van der Waals surface area contributed by atoms with Crippen LogP contribution >= 0.6 is 11.6 Å². The lowest BCUT2D eigenvalue weighted by molar-refractivity contribution is -0.133. The highest BCUT2D eigenvalue weighted by molar-refractivity contribution is 6.30. The molecule has 2 N–H and O–H groups in total. The number of pyridine rings is 1. The molecule has 0 saturated carbocycles. The summed E-state index contributed by atoms with van der Waals surface area (Å²) >= 11 is 5.92. The lowest BCUT2D eigenvalue weighted by Crippen LogP contribution is -2.54. The summed E-state index contributed by atoms with van der Waals surface area (Å²) in [5.74, 6) is 0.124. The monoisotopic (exact) mass is 531 g/mol. The molecule has 4 amide bonds. The highest BCUT2D eigenvalue weighted by Gasteiger charge is 2.35. The summed E-state index contributed by atoms with van der Waals surface area (Å²) in [7, 11) is 3.09. The van der Waals surface area contributed by atoms with E-state index in [1.165, 1.54) is 11.9 Å². The predicted octanol–water partition coefficient (Wildman–Crippen LogP) is 4.12. The summed E-state index contributed by atoms with van der Waals surface area (Å²) in [5, 5.41) is 6.41. The minimum Gasteiger partial charge on any atom is -0.495 e. The van der Waals surface area contributed by atoms with Crippen LogP contribution < -0.4 is 15.4 Å². The summed E-state index contributed by atoms with van der Waals surface area (Å²) in [5.41, 5.74) is 0.672. The van der Waals surface area contributed by atoms with Crippen molar-refractivity contribution in [1.82, 2.24) is 20.1 Å². The number of aromatic nitrogens is 1. The molecule has 1 aliphatic heterocycles. The first-order valence-electron chi connectivity index (χ1n) is 12.0. The Bertz CT molecular complexity index is 1090. The minimum atomic E-state index is -0.657. The Balaban J connectivity index is 1.70. The van der Waals surface area contributed by atoms with Gasteiger partial charge in [-0.2, -0.15) is 0 Å². The fourth-order valence-electron chi connectivity index (χ4n) is 3.96. The van der Waals surface area contributed by atoms with E-state index in [0.717, 1.165) is 5.69 Å². The summed E-state index contributed by atoms with van der Waals surface area (Å²) in [6.07, 6.45) is 1.55. The van der Waals surface area contributed by atoms with Gasteiger partial charge in [-0.1, -0.05) is 11.6 Å². The van der Waals surface area contributed by atoms with Crippen LogP contribution in [0.2, 0.25) is 5.02 Å². The molecule has 0 bridgehead atoms. The third-order valence-corrected chi connectivity index (χ3v) is 6.09. The van der Waals surface area contributed by atoms with Crippen molar-refractivity contribution in [2.24, 2.45) is 0 Å². The number of nitrogens with one attached hydrogen (secondary N) is 2. The van der Waals surface area contributed by atoms with Gasteiger partial charge in [0.1, 0.15) is 17.9 Å². The number of amides is 4. The van der Waals surface area contributed by atoms with Crippen molar-refractivity contribution >= 4 is 35.3 Å². The predicted molar refractivity (Wildman–Crippen MR) is 141 cm³/mol. The lowest BCUT2D eigenvalue weighted by atomic mass is 9.88. The Morgan fingerprint density at radius 3 is 2.46 bits per heavy atom. The number of piperidine rings is 1. The molecule has 2 heterocycles. The number of likely N-dealkylation sites (tertiary alicyclic amines) is 1.